The zero-order valence-corrected chi connectivity index (χ0v) is 8.39. The SMILES string of the molecule is C=N/C=C\C(=NCF)N1C(=O)OCC1C. The molecule has 1 atom stereocenters. The quantitative estimate of drug-likeness (QED) is 0.404. The second-order valence-corrected chi connectivity index (χ2v) is 2.93. The second kappa shape index (κ2) is 5.23. The summed E-state index contributed by atoms with van der Waals surface area (Å²) in [5, 5.41) is 0. The summed E-state index contributed by atoms with van der Waals surface area (Å²) in [6, 6.07) is -0.155. The lowest BCUT2D eigenvalue weighted by atomic mass is 10.3. The van der Waals surface area contributed by atoms with Crippen molar-refractivity contribution in [3.8, 4) is 0 Å². The minimum absolute atomic E-state index is 0.155. The fourth-order valence-corrected chi connectivity index (χ4v) is 1.23. The number of alkyl halides is 1. The Morgan fingerprint density at radius 1 is 1.87 bits per heavy atom. The van der Waals surface area contributed by atoms with Gasteiger partial charge in [-0.05, 0) is 19.7 Å². The summed E-state index contributed by atoms with van der Waals surface area (Å²) in [4.78, 5) is 19.6. The third-order valence-corrected chi connectivity index (χ3v) is 1.88. The molecule has 0 N–H and O–H groups in total. The van der Waals surface area contributed by atoms with Gasteiger partial charge in [-0.2, -0.15) is 0 Å². The molecule has 0 aliphatic carbocycles. The van der Waals surface area contributed by atoms with E-state index in [1.165, 1.54) is 17.2 Å². The molecule has 0 radical (unpaired) electrons. The van der Waals surface area contributed by atoms with Crippen molar-refractivity contribution in [2.45, 2.75) is 13.0 Å². The number of cyclic esters (lactones) is 1. The first-order valence-electron chi connectivity index (χ1n) is 4.39. The summed E-state index contributed by atoms with van der Waals surface area (Å²) in [6.45, 7) is 4.40. The molecular formula is C9H12FN3O2. The van der Waals surface area contributed by atoms with Crippen LogP contribution in [0.25, 0.3) is 0 Å². The highest BCUT2D eigenvalue weighted by Crippen LogP contribution is 2.13. The number of nitrogens with zero attached hydrogens (tertiary/aromatic N) is 3. The molecule has 0 aromatic rings. The lowest BCUT2D eigenvalue weighted by Gasteiger charge is -2.16. The minimum Gasteiger partial charge on any atom is -0.447 e. The van der Waals surface area contributed by atoms with Gasteiger partial charge < -0.3 is 4.74 Å². The Kier molecular flexibility index (Phi) is 3.96. The average Bonchev–Trinajstić information content (AvgIpc) is 2.54. The normalized spacial score (nSPS) is 22.3. The van der Waals surface area contributed by atoms with E-state index in [9.17, 15) is 9.18 Å². The molecule has 15 heavy (non-hydrogen) atoms. The van der Waals surface area contributed by atoms with Crippen molar-refractivity contribution in [1.29, 1.82) is 0 Å². The second-order valence-electron chi connectivity index (χ2n) is 2.93. The topological polar surface area (TPSA) is 54.3 Å². The third kappa shape index (κ3) is 2.61. The van der Waals surface area contributed by atoms with Crippen LogP contribution in [0.1, 0.15) is 6.92 Å². The molecule has 1 unspecified atom stereocenters. The van der Waals surface area contributed by atoms with E-state index in [1.807, 2.05) is 0 Å². The monoisotopic (exact) mass is 213 g/mol. The fraction of sp³-hybridized carbons (Fsp3) is 0.444. The summed E-state index contributed by atoms with van der Waals surface area (Å²) in [5.74, 6) is 0.194. The van der Waals surface area contributed by atoms with E-state index < -0.39 is 12.9 Å². The fourth-order valence-electron chi connectivity index (χ4n) is 1.23. The highest BCUT2D eigenvalue weighted by atomic mass is 19.1. The minimum atomic E-state index is -0.896. The smallest absolute Gasteiger partial charge is 0.415 e. The van der Waals surface area contributed by atoms with Gasteiger partial charge in [0.1, 0.15) is 12.4 Å². The molecule has 0 bridgehead atoms. The van der Waals surface area contributed by atoms with Crippen LogP contribution in [0.15, 0.2) is 22.3 Å². The molecular weight excluding hydrogens is 201 g/mol. The highest BCUT2D eigenvalue weighted by Gasteiger charge is 2.32. The van der Waals surface area contributed by atoms with Crippen LogP contribution in [0.2, 0.25) is 0 Å². The number of amidine groups is 1. The summed E-state index contributed by atoms with van der Waals surface area (Å²) in [6.07, 6.45) is 2.23. The van der Waals surface area contributed by atoms with Crippen LogP contribution in [-0.2, 0) is 4.74 Å². The summed E-state index contributed by atoms with van der Waals surface area (Å²) >= 11 is 0. The van der Waals surface area contributed by atoms with Crippen LogP contribution in [0, 0.1) is 0 Å². The number of halogens is 1. The Balaban J connectivity index is 2.88. The Hall–Kier alpha value is -1.72. The molecule has 1 fully saturated rings. The summed E-state index contributed by atoms with van der Waals surface area (Å²) < 4.78 is 16.9. The largest absolute Gasteiger partial charge is 0.447 e. The first kappa shape index (κ1) is 11.4. The number of aliphatic imine (C=N–C) groups is 2. The van der Waals surface area contributed by atoms with Crippen molar-refractivity contribution < 1.29 is 13.9 Å². The van der Waals surface area contributed by atoms with Crippen molar-refractivity contribution in [2.24, 2.45) is 9.98 Å². The van der Waals surface area contributed by atoms with Gasteiger partial charge in [0.25, 0.3) is 0 Å². The standard InChI is InChI=1S/C9H12FN3O2/c1-7-5-15-9(14)13(7)8(12-6-10)3-4-11-2/h3-4,7H,2,5-6H2,1H3/b4-3-,12-8?. The van der Waals surface area contributed by atoms with Crippen molar-refractivity contribution in [3.05, 3.63) is 12.3 Å². The maximum absolute atomic E-state index is 12.1. The van der Waals surface area contributed by atoms with Gasteiger partial charge in [-0.25, -0.2) is 14.2 Å². The lowest BCUT2D eigenvalue weighted by Crippen LogP contribution is -2.36. The molecule has 0 saturated carbocycles. The molecule has 82 valence electrons. The molecule has 1 heterocycles. The predicted octanol–water partition coefficient (Wildman–Crippen LogP) is 1.37. The average molecular weight is 213 g/mol. The van der Waals surface area contributed by atoms with Crippen molar-refractivity contribution in [1.82, 2.24) is 4.90 Å². The van der Waals surface area contributed by atoms with E-state index in [0.717, 1.165) is 0 Å². The van der Waals surface area contributed by atoms with Crippen LogP contribution in [0.3, 0.4) is 0 Å². The number of carbonyl (C=O) groups excluding carboxylic acids is 1. The number of amides is 1. The molecule has 1 saturated heterocycles. The van der Waals surface area contributed by atoms with Gasteiger partial charge in [0, 0.05) is 6.20 Å². The number of hydrogen-bond donors (Lipinski definition) is 0. The molecule has 5 nitrogen and oxygen atoms in total. The van der Waals surface area contributed by atoms with E-state index in [2.05, 4.69) is 16.7 Å². The van der Waals surface area contributed by atoms with E-state index >= 15 is 0 Å². The van der Waals surface area contributed by atoms with Gasteiger partial charge in [-0.3, -0.25) is 9.89 Å². The molecule has 0 aromatic carbocycles. The Labute approximate surface area is 87.0 Å². The number of hydrogen-bond acceptors (Lipinski definition) is 4. The van der Waals surface area contributed by atoms with Gasteiger partial charge in [-0.15, -0.1) is 0 Å². The molecule has 1 amide bonds. The molecule has 1 aliphatic rings. The van der Waals surface area contributed by atoms with Crippen LogP contribution < -0.4 is 0 Å². The molecule has 1 rings (SSSR count). The van der Waals surface area contributed by atoms with Crippen LogP contribution in [0.4, 0.5) is 9.18 Å². The molecule has 1 aliphatic heterocycles. The summed E-state index contributed by atoms with van der Waals surface area (Å²) in [7, 11) is 0. The number of ether oxygens (including phenoxy) is 1. The van der Waals surface area contributed by atoms with Gasteiger partial charge in [-0.1, -0.05) is 0 Å². The van der Waals surface area contributed by atoms with E-state index in [1.54, 1.807) is 6.92 Å². The lowest BCUT2D eigenvalue weighted by molar-refractivity contribution is 0.168. The Morgan fingerprint density at radius 3 is 3.07 bits per heavy atom. The van der Waals surface area contributed by atoms with E-state index in [4.69, 9.17) is 4.74 Å². The van der Waals surface area contributed by atoms with Crippen molar-refractivity contribution in [3.63, 3.8) is 0 Å². The molecule has 0 spiro atoms. The maximum atomic E-state index is 12.1. The van der Waals surface area contributed by atoms with Gasteiger partial charge >= 0.3 is 6.09 Å². The first-order chi connectivity index (χ1) is 7.20. The van der Waals surface area contributed by atoms with Gasteiger partial charge in [0.2, 0.25) is 0 Å². The van der Waals surface area contributed by atoms with Gasteiger partial charge in [0.05, 0.1) is 6.04 Å². The highest BCUT2D eigenvalue weighted by molar-refractivity contribution is 6.03. The maximum Gasteiger partial charge on any atom is 0.415 e. The predicted molar refractivity (Wildman–Crippen MR) is 54.7 cm³/mol. The molecule has 0 aromatic heterocycles. The Morgan fingerprint density at radius 2 is 2.60 bits per heavy atom. The zero-order valence-electron chi connectivity index (χ0n) is 8.39. The van der Waals surface area contributed by atoms with Gasteiger partial charge in [0.15, 0.2) is 6.80 Å². The Bertz CT molecular complexity index is 314. The van der Waals surface area contributed by atoms with Crippen LogP contribution in [-0.4, -0.2) is 43.0 Å². The molecule has 6 heteroatoms. The van der Waals surface area contributed by atoms with Crippen LogP contribution >= 0.6 is 0 Å². The van der Waals surface area contributed by atoms with E-state index in [0.29, 0.717) is 0 Å². The third-order valence-electron chi connectivity index (χ3n) is 1.88. The zero-order chi connectivity index (χ0) is 11.3. The van der Waals surface area contributed by atoms with E-state index in [-0.39, 0.29) is 18.5 Å². The van der Waals surface area contributed by atoms with Crippen LogP contribution in [0.5, 0.6) is 0 Å². The number of carbonyl (C=O) groups is 1. The van der Waals surface area contributed by atoms with Crippen molar-refractivity contribution >= 4 is 18.6 Å². The summed E-state index contributed by atoms with van der Waals surface area (Å²) in [5.41, 5.74) is 0. The van der Waals surface area contributed by atoms with Crippen molar-refractivity contribution in [2.75, 3.05) is 13.4 Å². The first-order valence-corrected chi connectivity index (χ1v) is 4.39. The number of rotatable bonds is 3.